The minimum Gasteiger partial charge on any atom is -0.493 e. The first-order valence-corrected chi connectivity index (χ1v) is 11.1. The van der Waals surface area contributed by atoms with E-state index in [4.69, 9.17) is 27.4 Å². The molecule has 0 fully saturated rings. The summed E-state index contributed by atoms with van der Waals surface area (Å²) in [6, 6.07) is 3.47. The van der Waals surface area contributed by atoms with Crippen LogP contribution in [0, 0.1) is 5.92 Å². The minimum atomic E-state index is -4.57. The average Bonchev–Trinajstić information content (AvgIpc) is 2.72. The Labute approximate surface area is 188 Å². The lowest BCUT2D eigenvalue weighted by atomic mass is 9.99. The lowest BCUT2D eigenvalue weighted by molar-refractivity contribution is -0.139. The van der Waals surface area contributed by atoms with Crippen LogP contribution in [0.1, 0.15) is 64.0 Å². The number of nitrogens with two attached hydrogens (primary N) is 1. The Hall–Kier alpha value is -1.71. The van der Waals surface area contributed by atoms with E-state index in [1.165, 1.54) is 18.3 Å². The van der Waals surface area contributed by atoms with Crippen molar-refractivity contribution in [3.63, 3.8) is 0 Å². The zero-order valence-corrected chi connectivity index (χ0v) is 19.3. The van der Waals surface area contributed by atoms with Gasteiger partial charge in [0.05, 0.1) is 12.2 Å². The third-order valence-corrected chi connectivity index (χ3v) is 5.02. The first-order valence-electron chi connectivity index (χ1n) is 10.7. The first-order chi connectivity index (χ1) is 14.7. The number of thiocarbonyl (C=S) groups is 1. The van der Waals surface area contributed by atoms with E-state index in [9.17, 15) is 13.2 Å². The van der Waals surface area contributed by atoms with Crippen molar-refractivity contribution in [1.29, 1.82) is 0 Å². The maximum atomic E-state index is 13.5. The summed E-state index contributed by atoms with van der Waals surface area (Å²) in [7, 11) is 0. The molecule has 0 amide bonds. The van der Waals surface area contributed by atoms with Crippen molar-refractivity contribution in [2.75, 3.05) is 19.8 Å². The molecule has 176 valence electrons. The quantitative estimate of drug-likeness (QED) is 0.170. The molecule has 0 spiro atoms. The molecule has 0 saturated carbocycles. The Morgan fingerprint density at radius 1 is 1.19 bits per heavy atom. The summed E-state index contributed by atoms with van der Waals surface area (Å²) < 4.78 is 51.3. The molecule has 0 aliphatic carbocycles. The van der Waals surface area contributed by atoms with Crippen LogP contribution in [-0.2, 0) is 10.9 Å². The molecule has 2 atom stereocenters. The Balaban J connectivity index is 2.71. The highest BCUT2D eigenvalue weighted by atomic mass is 32.1. The molecule has 1 aromatic carbocycles. The van der Waals surface area contributed by atoms with Crippen molar-refractivity contribution in [1.82, 2.24) is 5.43 Å². The van der Waals surface area contributed by atoms with E-state index in [2.05, 4.69) is 24.4 Å². The number of nitrogens with zero attached hydrogens (tertiary/aromatic N) is 1. The molecule has 0 bridgehead atoms. The second kappa shape index (κ2) is 14.4. The summed E-state index contributed by atoms with van der Waals surface area (Å²) >= 11 is 5.18. The van der Waals surface area contributed by atoms with Gasteiger partial charge < -0.3 is 15.2 Å². The summed E-state index contributed by atoms with van der Waals surface area (Å²) in [5, 5.41) is 3.99. The molecule has 1 aromatic rings. The van der Waals surface area contributed by atoms with Crippen molar-refractivity contribution in [3.8, 4) is 5.75 Å². The number of hydrazone groups is 1. The van der Waals surface area contributed by atoms with Crippen LogP contribution in [0.25, 0.3) is 0 Å². The highest BCUT2D eigenvalue weighted by Gasteiger charge is 2.35. The molecule has 0 aliphatic heterocycles. The largest absolute Gasteiger partial charge is 0.493 e. The molecule has 0 aliphatic rings. The molecule has 0 heterocycles. The maximum Gasteiger partial charge on any atom is 0.419 e. The highest BCUT2D eigenvalue weighted by Crippen LogP contribution is 2.37. The van der Waals surface area contributed by atoms with Crippen LogP contribution >= 0.6 is 12.2 Å². The molecular formula is C22H34F3N3O2S. The van der Waals surface area contributed by atoms with Crippen molar-refractivity contribution >= 4 is 23.4 Å². The molecule has 0 aromatic heterocycles. The summed E-state index contributed by atoms with van der Waals surface area (Å²) in [5.74, 6) is 0.0148. The van der Waals surface area contributed by atoms with Crippen molar-refractivity contribution in [3.05, 3.63) is 29.3 Å². The van der Waals surface area contributed by atoms with Crippen LogP contribution in [0.2, 0.25) is 0 Å². The fourth-order valence-electron chi connectivity index (χ4n) is 2.75. The summed E-state index contributed by atoms with van der Waals surface area (Å²) in [6.45, 7) is 7.38. The van der Waals surface area contributed by atoms with E-state index >= 15 is 0 Å². The summed E-state index contributed by atoms with van der Waals surface area (Å²) in [5.41, 5.74) is 7.93. The van der Waals surface area contributed by atoms with Crippen LogP contribution in [0.4, 0.5) is 13.2 Å². The molecule has 31 heavy (non-hydrogen) atoms. The lowest BCUT2D eigenvalue weighted by Crippen LogP contribution is -2.31. The standard InChI is InChI=1S/C22H34F3N3O2S/c1-4-6-11-29-12-7-13-30-20-10-9-17(14-18(20)22(23,24)25)21(31)28-27-15-19(26)16(3)8-5-2/h9-10,14-16,19H,4-8,11-13,26H2,1-3H3,(H,28,31)/b27-15+. The van der Waals surface area contributed by atoms with Gasteiger partial charge in [-0.25, -0.2) is 0 Å². The fraction of sp³-hybridized carbons (Fsp3) is 0.636. The molecule has 0 saturated heterocycles. The Morgan fingerprint density at radius 2 is 1.90 bits per heavy atom. The fourth-order valence-corrected chi connectivity index (χ4v) is 2.93. The van der Waals surface area contributed by atoms with E-state index < -0.39 is 11.7 Å². The highest BCUT2D eigenvalue weighted by molar-refractivity contribution is 7.80. The lowest BCUT2D eigenvalue weighted by Gasteiger charge is -2.16. The second-order valence-electron chi connectivity index (χ2n) is 7.44. The average molecular weight is 462 g/mol. The van der Waals surface area contributed by atoms with Crippen molar-refractivity contribution in [2.45, 2.75) is 65.1 Å². The van der Waals surface area contributed by atoms with Gasteiger partial charge in [0.15, 0.2) is 0 Å². The number of ether oxygens (including phenoxy) is 2. The molecule has 1 rings (SSSR count). The van der Waals surface area contributed by atoms with Gasteiger partial charge in [-0.2, -0.15) is 18.3 Å². The van der Waals surface area contributed by atoms with E-state index in [0.717, 1.165) is 31.7 Å². The second-order valence-corrected chi connectivity index (χ2v) is 7.85. The van der Waals surface area contributed by atoms with Gasteiger partial charge in [-0.05, 0) is 37.0 Å². The maximum absolute atomic E-state index is 13.5. The van der Waals surface area contributed by atoms with Crippen LogP contribution in [0.3, 0.4) is 0 Å². The predicted octanol–water partition coefficient (Wildman–Crippen LogP) is 5.31. The SMILES string of the molecule is CCCCOCCCOc1ccc(C(=S)N/N=C/C(N)C(C)CCC)cc1C(F)(F)F. The van der Waals surface area contributed by atoms with Gasteiger partial charge in [-0.3, -0.25) is 5.43 Å². The number of halogens is 3. The van der Waals surface area contributed by atoms with Gasteiger partial charge >= 0.3 is 6.18 Å². The smallest absolute Gasteiger partial charge is 0.419 e. The van der Waals surface area contributed by atoms with Gasteiger partial charge in [-0.15, -0.1) is 0 Å². The first kappa shape index (κ1) is 27.3. The van der Waals surface area contributed by atoms with E-state index in [1.54, 1.807) is 0 Å². The number of hydrogen-bond donors (Lipinski definition) is 2. The van der Waals surface area contributed by atoms with Crippen molar-refractivity contribution in [2.24, 2.45) is 16.8 Å². The number of hydrogen-bond acceptors (Lipinski definition) is 5. The van der Waals surface area contributed by atoms with E-state index in [1.807, 2.05) is 6.92 Å². The zero-order chi connectivity index (χ0) is 23.3. The zero-order valence-electron chi connectivity index (χ0n) is 18.5. The normalized spacial score (nSPS) is 13.9. The molecule has 3 N–H and O–H groups in total. The van der Waals surface area contributed by atoms with Crippen LogP contribution in [0.15, 0.2) is 23.3 Å². The Bertz CT molecular complexity index is 699. The molecule has 5 nitrogen and oxygen atoms in total. The summed E-state index contributed by atoms with van der Waals surface area (Å²) in [4.78, 5) is 0.0768. The topological polar surface area (TPSA) is 68.9 Å². The molecule has 9 heteroatoms. The van der Waals surface area contributed by atoms with Crippen LogP contribution < -0.4 is 15.9 Å². The monoisotopic (exact) mass is 461 g/mol. The van der Waals surface area contributed by atoms with Crippen LogP contribution in [0.5, 0.6) is 5.75 Å². The number of unbranched alkanes of at least 4 members (excludes halogenated alkanes) is 1. The van der Waals surface area contributed by atoms with Gasteiger partial charge in [0, 0.05) is 37.5 Å². The van der Waals surface area contributed by atoms with Gasteiger partial charge in [-0.1, -0.05) is 45.8 Å². The van der Waals surface area contributed by atoms with Crippen LogP contribution in [-0.4, -0.2) is 37.1 Å². The third-order valence-electron chi connectivity index (χ3n) is 4.69. The molecule has 0 radical (unpaired) electrons. The van der Waals surface area contributed by atoms with Gasteiger partial charge in [0.25, 0.3) is 0 Å². The van der Waals surface area contributed by atoms with E-state index in [0.29, 0.717) is 19.6 Å². The molecular weight excluding hydrogens is 427 g/mol. The van der Waals surface area contributed by atoms with Gasteiger partial charge in [0.1, 0.15) is 10.7 Å². The number of rotatable bonds is 14. The Morgan fingerprint density at radius 3 is 2.55 bits per heavy atom. The number of benzene rings is 1. The predicted molar refractivity (Wildman–Crippen MR) is 123 cm³/mol. The summed E-state index contributed by atoms with van der Waals surface area (Å²) in [6.07, 6.45) is 1.42. The van der Waals surface area contributed by atoms with E-state index in [-0.39, 0.29) is 34.9 Å². The van der Waals surface area contributed by atoms with Crippen molar-refractivity contribution < 1.29 is 22.6 Å². The third kappa shape index (κ3) is 10.4. The molecule has 2 unspecified atom stereocenters. The minimum absolute atomic E-state index is 0.0768. The number of alkyl halides is 3. The van der Waals surface area contributed by atoms with Gasteiger partial charge in [0.2, 0.25) is 0 Å². The Kier molecular flexibility index (Phi) is 12.7. The number of nitrogens with one attached hydrogen (secondary N) is 1.